The lowest BCUT2D eigenvalue weighted by atomic mass is 10.1. The van der Waals surface area contributed by atoms with Gasteiger partial charge in [-0.3, -0.25) is 4.79 Å². The van der Waals surface area contributed by atoms with Crippen LogP contribution in [-0.2, 0) is 0 Å². The van der Waals surface area contributed by atoms with Crippen molar-refractivity contribution in [3.05, 3.63) is 56.4 Å². The van der Waals surface area contributed by atoms with Crippen LogP contribution in [0.3, 0.4) is 0 Å². The van der Waals surface area contributed by atoms with Gasteiger partial charge in [-0.25, -0.2) is 4.79 Å². The highest BCUT2D eigenvalue weighted by Gasteiger charge is 2.15. The van der Waals surface area contributed by atoms with Gasteiger partial charge in [-0.05, 0) is 30.3 Å². The van der Waals surface area contributed by atoms with E-state index in [0.717, 1.165) is 5.69 Å². The summed E-state index contributed by atoms with van der Waals surface area (Å²) in [7, 11) is 3.69. The van der Waals surface area contributed by atoms with Crippen LogP contribution in [0, 0.1) is 0 Å². The zero-order valence-electron chi connectivity index (χ0n) is 12.9. The molecular formula is C16H14Cl2N4O2. The number of amides is 1. The van der Waals surface area contributed by atoms with Crippen LogP contribution in [0.4, 0.5) is 11.4 Å². The number of carbonyl (C=O) groups is 1. The number of aromatic amines is 2. The molecule has 3 rings (SSSR count). The smallest absolute Gasteiger partial charge is 0.323 e. The first-order valence-electron chi connectivity index (χ1n) is 7.05. The van der Waals surface area contributed by atoms with Crippen molar-refractivity contribution in [1.29, 1.82) is 0 Å². The van der Waals surface area contributed by atoms with Gasteiger partial charge in [0.2, 0.25) is 0 Å². The third kappa shape index (κ3) is 3.11. The molecule has 0 unspecified atom stereocenters. The maximum Gasteiger partial charge on any atom is 0.323 e. The van der Waals surface area contributed by atoms with Crippen molar-refractivity contribution in [2.75, 3.05) is 24.3 Å². The topological polar surface area (TPSA) is 81.0 Å². The molecule has 3 N–H and O–H groups in total. The van der Waals surface area contributed by atoms with Gasteiger partial charge in [0.25, 0.3) is 5.91 Å². The number of nitrogens with zero attached hydrogens (tertiary/aromatic N) is 1. The number of hydrogen-bond acceptors (Lipinski definition) is 3. The molecule has 3 aromatic rings. The lowest BCUT2D eigenvalue weighted by molar-refractivity contribution is 0.102. The molecule has 0 atom stereocenters. The molecule has 1 amide bonds. The van der Waals surface area contributed by atoms with E-state index >= 15 is 0 Å². The second-order valence-electron chi connectivity index (χ2n) is 5.47. The summed E-state index contributed by atoms with van der Waals surface area (Å²) < 4.78 is 0. The van der Waals surface area contributed by atoms with Gasteiger partial charge in [-0.2, -0.15) is 0 Å². The number of benzene rings is 2. The first kappa shape index (κ1) is 16.4. The number of H-pyrrole nitrogens is 2. The van der Waals surface area contributed by atoms with Gasteiger partial charge in [-0.15, -0.1) is 0 Å². The summed E-state index contributed by atoms with van der Waals surface area (Å²) in [6, 6.07) is 8.16. The standard InChI is InChI=1S/C16H14Cl2N4O2/c1-22(2)14-7-12-11(20-16(24)21-12)6-13(14)19-15(23)9-4-3-8(17)5-10(9)18/h3-7H,1-2H3,(H,19,23)(H2,20,21,24). The zero-order valence-corrected chi connectivity index (χ0v) is 14.4. The van der Waals surface area contributed by atoms with Gasteiger partial charge in [0.15, 0.2) is 0 Å². The van der Waals surface area contributed by atoms with Gasteiger partial charge in [0, 0.05) is 19.1 Å². The van der Waals surface area contributed by atoms with Crippen LogP contribution >= 0.6 is 23.2 Å². The Bertz CT molecular complexity index is 991. The second kappa shape index (κ2) is 6.22. The quantitative estimate of drug-likeness (QED) is 0.665. The minimum Gasteiger partial charge on any atom is -0.376 e. The highest BCUT2D eigenvalue weighted by atomic mass is 35.5. The van der Waals surface area contributed by atoms with Crippen LogP contribution in [0.2, 0.25) is 10.0 Å². The Morgan fingerprint density at radius 1 is 1.08 bits per heavy atom. The number of rotatable bonds is 3. The van der Waals surface area contributed by atoms with E-state index in [0.29, 0.717) is 27.3 Å². The monoisotopic (exact) mass is 364 g/mol. The Morgan fingerprint density at radius 3 is 2.38 bits per heavy atom. The fourth-order valence-electron chi connectivity index (χ4n) is 2.40. The van der Waals surface area contributed by atoms with E-state index in [-0.39, 0.29) is 16.6 Å². The van der Waals surface area contributed by atoms with Gasteiger partial charge >= 0.3 is 5.69 Å². The molecule has 24 heavy (non-hydrogen) atoms. The first-order chi connectivity index (χ1) is 11.3. The third-order valence-electron chi connectivity index (χ3n) is 3.54. The largest absolute Gasteiger partial charge is 0.376 e. The Kier molecular flexibility index (Phi) is 4.26. The Labute approximate surface area is 147 Å². The molecular weight excluding hydrogens is 351 g/mol. The normalized spacial score (nSPS) is 10.8. The number of aromatic nitrogens is 2. The molecule has 124 valence electrons. The number of fused-ring (bicyclic) bond motifs is 1. The van der Waals surface area contributed by atoms with Crippen molar-refractivity contribution in [3.8, 4) is 0 Å². The fourth-order valence-corrected chi connectivity index (χ4v) is 2.90. The van der Waals surface area contributed by atoms with Crippen molar-refractivity contribution >= 4 is 51.5 Å². The molecule has 0 aliphatic carbocycles. The molecule has 0 saturated heterocycles. The zero-order chi connectivity index (χ0) is 17.4. The van der Waals surface area contributed by atoms with Crippen molar-refractivity contribution in [3.63, 3.8) is 0 Å². The van der Waals surface area contributed by atoms with Crippen LogP contribution in [0.5, 0.6) is 0 Å². The van der Waals surface area contributed by atoms with E-state index in [1.165, 1.54) is 6.07 Å². The van der Waals surface area contributed by atoms with Crippen LogP contribution in [0.1, 0.15) is 10.4 Å². The van der Waals surface area contributed by atoms with Crippen LogP contribution < -0.4 is 15.9 Å². The van der Waals surface area contributed by atoms with Gasteiger partial charge < -0.3 is 20.2 Å². The maximum atomic E-state index is 12.5. The lowest BCUT2D eigenvalue weighted by Crippen LogP contribution is -2.17. The molecule has 0 saturated carbocycles. The minimum absolute atomic E-state index is 0.266. The molecule has 1 heterocycles. The summed E-state index contributed by atoms with van der Waals surface area (Å²) in [5.41, 5.74) is 2.57. The number of anilines is 2. The molecule has 0 spiro atoms. The molecule has 1 aromatic heterocycles. The third-order valence-corrected chi connectivity index (χ3v) is 4.09. The van der Waals surface area contributed by atoms with Crippen molar-refractivity contribution in [2.45, 2.75) is 0 Å². The van der Waals surface area contributed by atoms with Crippen molar-refractivity contribution < 1.29 is 4.79 Å². The first-order valence-corrected chi connectivity index (χ1v) is 7.80. The van der Waals surface area contributed by atoms with E-state index in [2.05, 4.69) is 15.3 Å². The summed E-state index contributed by atoms with van der Waals surface area (Å²) in [5.74, 6) is -0.364. The second-order valence-corrected chi connectivity index (χ2v) is 6.31. The number of imidazole rings is 1. The van der Waals surface area contributed by atoms with E-state index in [9.17, 15) is 9.59 Å². The Morgan fingerprint density at radius 2 is 1.75 bits per heavy atom. The Balaban J connectivity index is 2.03. The number of carbonyl (C=O) groups excluding carboxylic acids is 1. The average molecular weight is 365 g/mol. The predicted octanol–water partition coefficient (Wildman–Crippen LogP) is 3.48. The number of hydrogen-bond donors (Lipinski definition) is 3. The summed E-state index contributed by atoms with van der Waals surface area (Å²) in [5, 5.41) is 3.55. The van der Waals surface area contributed by atoms with Gasteiger partial charge in [0.05, 0.1) is 33.0 Å². The van der Waals surface area contributed by atoms with E-state index in [1.54, 1.807) is 24.3 Å². The summed E-state index contributed by atoms with van der Waals surface area (Å²) in [4.78, 5) is 31.2. The van der Waals surface area contributed by atoms with E-state index in [4.69, 9.17) is 23.2 Å². The molecule has 2 aromatic carbocycles. The summed E-state index contributed by atoms with van der Waals surface area (Å²) in [6.45, 7) is 0. The maximum absolute atomic E-state index is 12.5. The predicted molar refractivity (Wildman–Crippen MR) is 97.7 cm³/mol. The van der Waals surface area contributed by atoms with Gasteiger partial charge in [-0.1, -0.05) is 23.2 Å². The minimum atomic E-state index is -0.364. The molecule has 8 heteroatoms. The molecule has 0 radical (unpaired) electrons. The summed E-state index contributed by atoms with van der Waals surface area (Å²) in [6.07, 6.45) is 0. The highest BCUT2D eigenvalue weighted by Crippen LogP contribution is 2.30. The Hall–Kier alpha value is -2.44. The lowest BCUT2D eigenvalue weighted by Gasteiger charge is -2.18. The van der Waals surface area contributed by atoms with Crippen LogP contribution in [0.25, 0.3) is 11.0 Å². The molecule has 0 aliphatic heterocycles. The van der Waals surface area contributed by atoms with E-state index < -0.39 is 0 Å². The number of halogens is 2. The summed E-state index contributed by atoms with van der Waals surface area (Å²) >= 11 is 11.9. The molecule has 0 bridgehead atoms. The van der Waals surface area contributed by atoms with Crippen LogP contribution in [-0.4, -0.2) is 30.0 Å². The molecule has 6 nitrogen and oxygen atoms in total. The number of nitrogens with one attached hydrogen (secondary N) is 3. The van der Waals surface area contributed by atoms with Crippen molar-refractivity contribution in [1.82, 2.24) is 9.97 Å². The van der Waals surface area contributed by atoms with Gasteiger partial charge in [0.1, 0.15) is 0 Å². The van der Waals surface area contributed by atoms with Crippen LogP contribution in [0.15, 0.2) is 35.1 Å². The fraction of sp³-hybridized carbons (Fsp3) is 0.125. The van der Waals surface area contributed by atoms with Crippen molar-refractivity contribution in [2.24, 2.45) is 0 Å². The highest BCUT2D eigenvalue weighted by molar-refractivity contribution is 6.37. The average Bonchev–Trinajstić information content (AvgIpc) is 2.85. The molecule has 0 aliphatic rings. The van der Waals surface area contributed by atoms with E-state index in [1.807, 2.05) is 19.0 Å². The SMILES string of the molecule is CN(C)c1cc2[nH]c(=O)[nH]c2cc1NC(=O)c1ccc(Cl)cc1Cl. The molecule has 0 fully saturated rings.